The summed E-state index contributed by atoms with van der Waals surface area (Å²) in [5, 5.41) is 0. The maximum atomic E-state index is 2.52. The number of hydrogen-bond acceptors (Lipinski definition) is 0. The molecule has 0 aromatic rings. The summed E-state index contributed by atoms with van der Waals surface area (Å²) in [6.07, 6.45) is 8.55. The molecule has 0 radical (unpaired) electrons. The summed E-state index contributed by atoms with van der Waals surface area (Å²) < 4.78 is 0. The molecule has 0 aromatic heterocycles. The van der Waals surface area contributed by atoms with Gasteiger partial charge in [-0.2, -0.15) is 0 Å². The highest BCUT2D eigenvalue weighted by atomic mass is 14.7. The van der Waals surface area contributed by atoms with Crippen molar-refractivity contribution in [3.63, 3.8) is 0 Å². The Morgan fingerprint density at radius 2 is 2.15 bits per heavy atom. The van der Waals surface area contributed by atoms with Gasteiger partial charge in [0.15, 0.2) is 0 Å². The van der Waals surface area contributed by atoms with Gasteiger partial charge in [0.2, 0.25) is 0 Å². The van der Waals surface area contributed by atoms with Crippen molar-refractivity contribution in [2.75, 3.05) is 0 Å². The van der Waals surface area contributed by atoms with E-state index in [0.717, 1.165) is 11.8 Å². The van der Waals surface area contributed by atoms with Crippen molar-refractivity contribution in [2.24, 2.45) is 17.3 Å². The van der Waals surface area contributed by atoms with E-state index in [2.05, 4.69) is 39.0 Å². The van der Waals surface area contributed by atoms with Crippen molar-refractivity contribution < 1.29 is 0 Å². The minimum Gasteiger partial charge on any atom is -0.0835 e. The molecule has 68 valence electrons. The summed E-state index contributed by atoms with van der Waals surface area (Å²) in [5.74, 6) is 1.61. The van der Waals surface area contributed by atoms with Crippen LogP contribution in [-0.4, -0.2) is 0 Å². The molecule has 0 heterocycles. The Bertz CT molecular complexity index is 367. The van der Waals surface area contributed by atoms with Gasteiger partial charge in [0.25, 0.3) is 0 Å². The Balaban J connectivity index is 2.20. The first kappa shape index (κ1) is 7.61. The van der Waals surface area contributed by atoms with E-state index in [9.17, 15) is 0 Å². The van der Waals surface area contributed by atoms with E-state index in [-0.39, 0.29) is 0 Å². The Kier molecular flexibility index (Phi) is 1.17. The molecule has 2 bridgehead atoms. The minimum atomic E-state index is 0.529. The Hall–Kier alpha value is -0.780. The number of hydrogen-bond donors (Lipinski definition) is 0. The van der Waals surface area contributed by atoms with Crippen molar-refractivity contribution in [1.82, 2.24) is 0 Å². The minimum absolute atomic E-state index is 0.529. The van der Waals surface area contributed by atoms with Crippen molar-refractivity contribution >= 4 is 0 Å². The molecule has 0 N–H and O–H groups in total. The second-order valence-corrected chi connectivity index (χ2v) is 4.57. The monoisotopic (exact) mass is 172 g/mol. The van der Waals surface area contributed by atoms with Gasteiger partial charge in [0, 0.05) is 11.3 Å². The van der Waals surface area contributed by atoms with Crippen LogP contribution >= 0.6 is 0 Å². The molecule has 0 aromatic carbocycles. The molecule has 13 heavy (non-hydrogen) atoms. The summed E-state index contributed by atoms with van der Waals surface area (Å²) >= 11 is 0. The van der Waals surface area contributed by atoms with Crippen LogP contribution in [0.3, 0.4) is 0 Å². The third-order valence-electron chi connectivity index (χ3n) is 4.35. The molecular formula is C13H16. The number of fused-ring (bicyclic) bond motifs is 1. The maximum absolute atomic E-state index is 2.52. The molecule has 0 nitrogen and oxygen atoms in total. The SMILES string of the molecule is C/C=C1/C(=C\C)C23CC1C=C2C3C. The van der Waals surface area contributed by atoms with Crippen molar-refractivity contribution in [3.8, 4) is 0 Å². The van der Waals surface area contributed by atoms with E-state index in [1.807, 2.05) is 0 Å². The van der Waals surface area contributed by atoms with Gasteiger partial charge in [-0.3, -0.25) is 0 Å². The van der Waals surface area contributed by atoms with E-state index in [0.29, 0.717) is 5.41 Å². The number of allylic oxidation sites excluding steroid dienone is 6. The highest BCUT2D eigenvalue weighted by molar-refractivity contribution is 5.66. The van der Waals surface area contributed by atoms with Crippen LogP contribution in [-0.2, 0) is 0 Å². The summed E-state index contributed by atoms with van der Waals surface area (Å²) in [6, 6.07) is 0. The Morgan fingerprint density at radius 1 is 1.38 bits per heavy atom. The van der Waals surface area contributed by atoms with Crippen LogP contribution in [0.15, 0.2) is 34.9 Å². The van der Waals surface area contributed by atoms with Crippen LogP contribution in [0.25, 0.3) is 0 Å². The molecule has 0 saturated heterocycles. The van der Waals surface area contributed by atoms with Crippen molar-refractivity contribution in [2.45, 2.75) is 27.2 Å². The fourth-order valence-corrected chi connectivity index (χ4v) is 3.73. The standard InChI is InChI=1S/C13H16/c1-4-10-9-6-12-8(3)13(12,7-9)11(10)5-2/h4-6,8-9H,7H2,1-3H3/b10-4+,11-5+. The molecule has 3 aliphatic rings. The fraction of sp³-hybridized carbons (Fsp3) is 0.538. The molecule has 0 amide bonds. The predicted octanol–water partition coefficient (Wildman–Crippen LogP) is 3.48. The first-order valence-electron chi connectivity index (χ1n) is 5.31. The Morgan fingerprint density at radius 3 is 2.77 bits per heavy atom. The molecule has 0 aliphatic heterocycles. The van der Waals surface area contributed by atoms with E-state index in [4.69, 9.17) is 0 Å². The van der Waals surface area contributed by atoms with Gasteiger partial charge in [-0.25, -0.2) is 0 Å². The van der Waals surface area contributed by atoms with Crippen LogP contribution in [0, 0.1) is 17.3 Å². The fourth-order valence-electron chi connectivity index (χ4n) is 3.73. The second kappa shape index (κ2) is 2.00. The summed E-state index contributed by atoms with van der Waals surface area (Å²) in [7, 11) is 0. The van der Waals surface area contributed by atoms with Crippen LogP contribution in [0.2, 0.25) is 0 Å². The van der Waals surface area contributed by atoms with Crippen LogP contribution in [0.4, 0.5) is 0 Å². The van der Waals surface area contributed by atoms with Crippen molar-refractivity contribution in [3.05, 3.63) is 34.9 Å². The topological polar surface area (TPSA) is 0 Å². The first-order chi connectivity index (χ1) is 6.25. The van der Waals surface area contributed by atoms with E-state index >= 15 is 0 Å². The second-order valence-electron chi connectivity index (χ2n) is 4.57. The quantitative estimate of drug-likeness (QED) is 0.491. The highest BCUT2D eigenvalue weighted by Gasteiger charge is 2.67. The normalized spacial score (nSPS) is 51.5. The van der Waals surface area contributed by atoms with Crippen LogP contribution in [0.1, 0.15) is 27.2 Å². The molecular weight excluding hydrogens is 156 g/mol. The van der Waals surface area contributed by atoms with Gasteiger partial charge < -0.3 is 0 Å². The van der Waals surface area contributed by atoms with Gasteiger partial charge in [0.05, 0.1) is 0 Å². The van der Waals surface area contributed by atoms with Crippen molar-refractivity contribution in [1.29, 1.82) is 0 Å². The van der Waals surface area contributed by atoms with Gasteiger partial charge in [-0.1, -0.05) is 30.7 Å². The number of rotatable bonds is 0. The largest absolute Gasteiger partial charge is 0.0835 e. The lowest BCUT2D eigenvalue weighted by molar-refractivity contribution is 0.553. The summed E-state index contributed by atoms with van der Waals surface area (Å²) in [4.78, 5) is 0. The van der Waals surface area contributed by atoms with Gasteiger partial charge in [0.1, 0.15) is 0 Å². The molecule has 3 unspecified atom stereocenters. The zero-order chi connectivity index (χ0) is 9.22. The average molecular weight is 172 g/mol. The van der Waals surface area contributed by atoms with Gasteiger partial charge in [-0.05, 0) is 37.3 Å². The predicted molar refractivity (Wildman–Crippen MR) is 55.3 cm³/mol. The van der Waals surface area contributed by atoms with Crippen LogP contribution < -0.4 is 0 Å². The summed E-state index contributed by atoms with van der Waals surface area (Å²) in [6.45, 7) is 6.75. The average Bonchev–Trinajstić information content (AvgIpc) is 2.56. The zero-order valence-corrected chi connectivity index (χ0v) is 8.59. The molecule has 3 aliphatic carbocycles. The van der Waals surface area contributed by atoms with Crippen LogP contribution in [0.5, 0.6) is 0 Å². The molecule has 3 atom stereocenters. The molecule has 0 heteroatoms. The van der Waals surface area contributed by atoms with Gasteiger partial charge in [-0.15, -0.1) is 0 Å². The molecule has 2 fully saturated rings. The van der Waals surface area contributed by atoms with E-state index in [1.165, 1.54) is 6.42 Å². The Labute approximate surface area is 80.0 Å². The van der Waals surface area contributed by atoms with Gasteiger partial charge >= 0.3 is 0 Å². The van der Waals surface area contributed by atoms with E-state index in [1.54, 1.807) is 16.7 Å². The lowest BCUT2D eigenvalue weighted by atomic mass is 9.93. The summed E-state index contributed by atoms with van der Waals surface area (Å²) in [5.41, 5.74) is 5.51. The zero-order valence-electron chi connectivity index (χ0n) is 8.59. The third kappa shape index (κ3) is 0.590. The van der Waals surface area contributed by atoms with E-state index < -0.39 is 0 Å². The lowest BCUT2D eigenvalue weighted by Crippen LogP contribution is -1.99. The first-order valence-corrected chi connectivity index (χ1v) is 5.31. The third-order valence-corrected chi connectivity index (χ3v) is 4.35. The lowest BCUT2D eigenvalue weighted by Gasteiger charge is -2.11. The molecule has 3 rings (SSSR count). The smallest absolute Gasteiger partial charge is 0.0236 e. The highest BCUT2D eigenvalue weighted by Crippen LogP contribution is 2.77. The molecule has 2 saturated carbocycles. The molecule has 1 spiro atoms. The maximum Gasteiger partial charge on any atom is 0.0236 e.